The Morgan fingerprint density at radius 1 is 1.14 bits per heavy atom. The van der Waals surface area contributed by atoms with E-state index >= 15 is 0 Å². The van der Waals surface area contributed by atoms with Crippen molar-refractivity contribution in [3.63, 3.8) is 0 Å². The molecular weight excluding hydrogens is 356 g/mol. The Hall–Kier alpha value is -2.90. The van der Waals surface area contributed by atoms with Gasteiger partial charge in [-0.1, -0.05) is 20.8 Å². The van der Waals surface area contributed by atoms with Gasteiger partial charge in [-0.25, -0.2) is 14.5 Å². The van der Waals surface area contributed by atoms with Crippen LogP contribution in [0.2, 0.25) is 0 Å². The largest absolute Gasteiger partial charge is 0.481 e. The molecule has 1 unspecified atom stereocenters. The molecule has 28 heavy (non-hydrogen) atoms. The first-order chi connectivity index (χ1) is 13.4. The summed E-state index contributed by atoms with van der Waals surface area (Å²) in [6, 6.07) is 5.58. The zero-order chi connectivity index (χ0) is 19.7. The highest BCUT2D eigenvalue weighted by Gasteiger charge is 2.25. The molecule has 0 amide bonds. The molecule has 0 spiro atoms. The van der Waals surface area contributed by atoms with Crippen LogP contribution < -0.4 is 14.4 Å². The molecule has 1 saturated heterocycles. The number of anilines is 1. The maximum Gasteiger partial charge on any atom is 0.231 e. The van der Waals surface area contributed by atoms with E-state index in [-0.39, 0.29) is 5.41 Å². The monoisotopic (exact) mass is 382 g/mol. The molecule has 148 valence electrons. The first-order valence-corrected chi connectivity index (χ1v) is 9.54. The molecule has 8 nitrogen and oxygen atoms in total. The van der Waals surface area contributed by atoms with E-state index in [9.17, 15) is 0 Å². The van der Waals surface area contributed by atoms with Gasteiger partial charge in [0.15, 0.2) is 5.65 Å². The number of fused-ring (bicyclic) bond motifs is 1. The number of nitrogens with zero attached hydrogens (tertiary/aromatic N) is 6. The average Bonchev–Trinajstić information content (AvgIpc) is 3.33. The lowest BCUT2D eigenvalue weighted by Crippen LogP contribution is -2.24. The molecule has 8 heteroatoms. The summed E-state index contributed by atoms with van der Waals surface area (Å²) >= 11 is 0. The van der Waals surface area contributed by atoms with Crippen molar-refractivity contribution in [1.82, 2.24) is 24.6 Å². The lowest BCUT2D eigenvalue weighted by atomic mass is 9.93. The molecule has 0 radical (unpaired) electrons. The number of ether oxygens (including phenoxy) is 2. The van der Waals surface area contributed by atoms with Crippen molar-refractivity contribution in [3.05, 3.63) is 36.3 Å². The van der Waals surface area contributed by atoms with Crippen LogP contribution in [-0.2, 0) is 5.41 Å². The summed E-state index contributed by atoms with van der Waals surface area (Å²) in [6.07, 6.45) is 4.72. The Morgan fingerprint density at radius 3 is 2.79 bits per heavy atom. The normalized spacial score (nSPS) is 17.3. The SMILES string of the molecule is COc1ccnc(N2CCC(COc3ccc4nc(C(C)(C)C)cn4n3)C2)n1. The number of rotatable bonds is 5. The number of aromatic nitrogens is 5. The van der Waals surface area contributed by atoms with Gasteiger partial charge in [-0.05, 0) is 12.5 Å². The quantitative estimate of drug-likeness (QED) is 0.671. The molecule has 0 aromatic carbocycles. The summed E-state index contributed by atoms with van der Waals surface area (Å²) < 4.78 is 12.9. The van der Waals surface area contributed by atoms with Crippen LogP contribution in [0.5, 0.6) is 11.8 Å². The second-order valence-corrected chi connectivity index (χ2v) is 8.16. The van der Waals surface area contributed by atoms with Gasteiger partial charge in [-0.3, -0.25) is 0 Å². The fourth-order valence-electron chi connectivity index (χ4n) is 3.25. The lowest BCUT2D eigenvalue weighted by molar-refractivity contribution is 0.248. The second-order valence-electron chi connectivity index (χ2n) is 8.16. The first-order valence-electron chi connectivity index (χ1n) is 9.54. The van der Waals surface area contributed by atoms with Gasteiger partial charge in [0.2, 0.25) is 17.7 Å². The number of imidazole rings is 1. The molecule has 3 aromatic heterocycles. The maximum atomic E-state index is 5.97. The van der Waals surface area contributed by atoms with Crippen molar-refractivity contribution in [2.24, 2.45) is 5.92 Å². The van der Waals surface area contributed by atoms with Crippen molar-refractivity contribution in [2.75, 3.05) is 31.7 Å². The van der Waals surface area contributed by atoms with Crippen LogP contribution in [0, 0.1) is 5.92 Å². The van der Waals surface area contributed by atoms with Gasteiger partial charge in [-0.15, -0.1) is 5.10 Å². The highest BCUT2D eigenvalue weighted by molar-refractivity contribution is 5.41. The smallest absolute Gasteiger partial charge is 0.231 e. The summed E-state index contributed by atoms with van der Waals surface area (Å²) in [5, 5.41) is 4.55. The van der Waals surface area contributed by atoms with Crippen LogP contribution >= 0.6 is 0 Å². The number of hydrogen-bond acceptors (Lipinski definition) is 7. The third-order valence-corrected chi connectivity index (χ3v) is 4.93. The topological polar surface area (TPSA) is 77.7 Å². The van der Waals surface area contributed by atoms with E-state index in [2.05, 4.69) is 45.7 Å². The highest BCUT2D eigenvalue weighted by atomic mass is 16.5. The maximum absolute atomic E-state index is 5.97. The summed E-state index contributed by atoms with van der Waals surface area (Å²) in [7, 11) is 1.61. The fraction of sp³-hybridized carbons (Fsp3) is 0.500. The van der Waals surface area contributed by atoms with Gasteiger partial charge in [0, 0.05) is 42.8 Å². The van der Waals surface area contributed by atoms with E-state index < -0.39 is 0 Å². The second kappa shape index (κ2) is 7.26. The van der Waals surface area contributed by atoms with E-state index in [0.29, 0.717) is 30.2 Å². The van der Waals surface area contributed by atoms with Crippen molar-refractivity contribution < 1.29 is 9.47 Å². The molecule has 3 aromatic rings. The summed E-state index contributed by atoms with van der Waals surface area (Å²) in [4.78, 5) is 15.6. The molecule has 1 aliphatic heterocycles. The van der Waals surface area contributed by atoms with E-state index in [1.165, 1.54) is 0 Å². The van der Waals surface area contributed by atoms with Gasteiger partial charge >= 0.3 is 0 Å². The van der Waals surface area contributed by atoms with Crippen LogP contribution in [-0.4, -0.2) is 51.4 Å². The molecule has 4 rings (SSSR count). The summed E-state index contributed by atoms with van der Waals surface area (Å²) in [5.74, 6) is 2.30. The van der Waals surface area contributed by atoms with Crippen molar-refractivity contribution >= 4 is 11.6 Å². The van der Waals surface area contributed by atoms with Crippen LogP contribution in [0.15, 0.2) is 30.6 Å². The lowest BCUT2D eigenvalue weighted by Gasteiger charge is -2.16. The van der Waals surface area contributed by atoms with Gasteiger partial charge < -0.3 is 14.4 Å². The van der Waals surface area contributed by atoms with Gasteiger partial charge in [0.05, 0.1) is 25.6 Å². The predicted molar refractivity (Wildman–Crippen MR) is 106 cm³/mol. The summed E-state index contributed by atoms with van der Waals surface area (Å²) in [5.41, 5.74) is 1.84. The van der Waals surface area contributed by atoms with E-state index in [0.717, 1.165) is 30.9 Å². The van der Waals surface area contributed by atoms with Gasteiger partial charge in [0.1, 0.15) is 0 Å². The standard InChI is InChI=1S/C20H26N6O2/c1-20(2,3)15-12-26-16(22-15)5-6-18(24-26)28-13-14-8-10-25(11-14)19-21-9-7-17(23-19)27-4/h5-7,9,12,14H,8,10-11,13H2,1-4H3. The zero-order valence-electron chi connectivity index (χ0n) is 16.8. The number of hydrogen-bond donors (Lipinski definition) is 0. The number of methoxy groups -OCH3 is 1. The van der Waals surface area contributed by atoms with Gasteiger partial charge in [-0.2, -0.15) is 4.98 Å². The Balaban J connectivity index is 1.38. The molecule has 0 aliphatic carbocycles. The van der Waals surface area contributed by atoms with Crippen LogP contribution in [0.3, 0.4) is 0 Å². The Bertz CT molecular complexity index is 965. The molecule has 1 aliphatic rings. The van der Waals surface area contributed by atoms with Crippen LogP contribution in [0.4, 0.5) is 5.95 Å². The average molecular weight is 382 g/mol. The first kappa shape index (κ1) is 18.5. The van der Waals surface area contributed by atoms with Crippen molar-refractivity contribution in [1.29, 1.82) is 0 Å². The summed E-state index contributed by atoms with van der Waals surface area (Å²) in [6.45, 7) is 8.80. The molecule has 1 atom stereocenters. The van der Waals surface area contributed by atoms with Crippen LogP contribution in [0.1, 0.15) is 32.9 Å². The third kappa shape index (κ3) is 3.85. The van der Waals surface area contributed by atoms with E-state index in [1.54, 1.807) is 23.9 Å². The minimum Gasteiger partial charge on any atom is -0.481 e. The molecule has 1 fully saturated rings. The van der Waals surface area contributed by atoms with Crippen molar-refractivity contribution in [2.45, 2.75) is 32.6 Å². The molecular formula is C20H26N6O2. The van der Waals surface area contributed by atoms with E-state index in [1.807, 2.05) is 18.3 Å². The highest BCUT2D eigenvalue weighted by Crippen LogP contribution is 2.24. The molecule has 0 saturated carbocycles. The Kier molecular flexibility index (Phi) is 4.78. The fourth-order valence-corrected chi connectivity index (χ4v) is 3.25. The molecule has 4 heterocycles. The third-order valence-electron chi connectivity index (χ3n) is 4.93. The van der Waals surface area contributed by atoms with Crippen molar-refractivity contribution in [3.8, 4) is 11.8 Å². The Labute approximate surface area is 164 Å². The van der Waals surface area contributed by atoms with Gasteiger partial charge in [0.25, 0.3) is 0 Å². The minimum absolute atomic E-state index is 0.00971. The van der Waals surface area contributed by atoms with Crippen LogP contribution in [0.25, 0.3) is 5.65 Å². The minimum atomic E-state index is -0.00971. The molecule has 0 bridgehead atoms. The Morgan fingerprint density at radius 2 is 2.00 bits per heavy atom. The predicted octanol–water partition coefficient (Wildman–Crippen LogP) is 2.73. The molecule has 0 N–H and O–H groups in total. The van der Waals surface area contributed by atoms with E-state index in [4.69, 9.17) is 9.47 Å². The zero-order valence-corrected chi connectivity index (χ0v) is 16.8.